The number of aliphatic hydroxyl groups excluding tert-OH is 1. The molecule has 2 unspecified atom stereocenters. The van der Waals surface area contributed by atoms with Crippen molar-refractivity contribution in [2.24, 2.45) is 0 Å². The topological polar surface area (TPSA) is 107 Å². The third kappa shape index (κ3) is 4.13. The van der Waals surface area contributed by atoms with E-state index in [1.807, 2.05) is 0 Å². The van der Waals surface area contributed by atoms with E-state index in [0.717, 1.165) is 25.7 Å². The summed E-state index contributed by atoms with van der Waals surface area (Å²) in [6, 6.07) is 0. The predicted octanol–water partition coefficient (Wildman–Crippen LogP) is 3.88. The second-order valence-corrected chi connectivity index (χ2v) is 9.52. The van der Waals surface area contributed by atoms with E-state index in [9.17, 15) is 24.3 Å². The Labute approximate surface area is 198 Å². The molecule has 2 atom stereocenters. The summed E-state index contributed by atoms with van der Waals surface area (Å²) < 4.78 is 11.3. The second-order valence-electron chi connectivity index (χ2n) is 9.52. The molecule has 34 heavy (non-hydrogen) atoms. The van der Waals surface area contributed by atoms with Crippen LogP contribution in [0, 0.1) is 0 Å². The molecule has 2 aliphatic heterocycles. The number of hydrogen-bond acceptors (Lipinski definition) is 7. The number of carbonyl (C=O) groups is 4. The molecule has 0 aromatic carbocycles. The third-order valence-corrected chi connectivity index (χ3v) is 6.86. The van der Waals surface area contributed by atoms with Crippen molar-refractivity contribution in [3.63, 3.8) is 0 Å². The zero-order valence-electron chi connectivity index (χ0n) is 19.9. The summed E-state index contributed by atoms with van der Waals surface area (Å²) in [6.45, 7) is 5.37. The van der Waals surface area contributed by atoms with Crippen LogP contribution in [0.15, 0.2) is 57.6 Å². The number of rotatable bonds is 8. The molecule has 0 aromatic rings. The lowest BCUT2D eigenvalue weighted by Crippen LogP contribution is -2.40. The van der Waals surface area contributed by atoms with Gasteiger partial charge < -0.3 is 14.6 Å². The first-order valence-corrected chi connectivity index (χ1v) is 12.0. The minimum absolute atomic E-state index is 0.00436. The largest absolute Gasteiger partial charge is 0.464 e. The number of ether oxygens (including phenoxy) is 2. The van der Waals surface area contributed by atoms with Gasteiger partial charge in [0.2, 0.25) is 5.78 Å². The van der Waals surface area contributed by atoms with E-state index in [1.54, 1.807) is 13.0 Å². The van der Waals surface area contributed by atoms with Crippen molar-refractivity contribution in [1.29, 1.82) is 0 Å². The molecule has 0 spiro atoms. The lowest BCUT2D eigenvalue weighted by Gasteiger charge is -2.32. The average Bonchev–Trinajstić information content (AvgIpc) is 3.04. The smallest absolute Gasteiger partial charge is 0.343 e. The second kappa shape index (κ2) is 9.29. The van der Waals surface area contributed by atoms with Crippen LogP contribution in [-0.4, -0.2) is 40.1 Å². The molecular formula is C27H30O7. The fourth-order valence-corrected chi connectivity index (χ4v) is 5.07. The highest BCUT2D eigenvalue weighted by molar-refractivity contribution is 6.24. The quantitative estimate of drug-likeness (QED) is 0.329. The molecule has 4 rings (SSSR count). The van der Waals surface area contributed by atoms with Crippen LogP contribution in [-0.2, 0) is 28.7 Å². The molecule has 1 N–H and O–H groups in total. The number of allylic oxidation sites excluding steroid dienone is 3. The minimum atomic E-state index is -1.58. The maximum absolute atomic E-state index is 13.0. The molecule has 0 aromatic heterocycles. The Balaban J connectivity index is 1.68. The van der Waals surface area contributed by atoms with Crippen LogP contribution in [0.3, 0.4) is 0 Å². The standard InChI is InChI=1S/C27H30O7/c1-4-5-6-7-8-9-19(29)24-25-18-14-33-21(23-15(2)10-17(28)13-20(23)30)11-16(18)12-22(31)27(25,3)34-26(24)32/h11-12,14,17,28H,4-10,13H2,1-3H3. The van der Waals surface area contributed by atoms with Gasteiger partial charge in [-0.25, -0.2) is 4.79 Å². The van der Waals surface area contributed by atoms with E-state index < -0.39 is 23.5 Å². The first kappa shape index (κ1) is 24.1. The van der Waals surface area contributed by atoms with E-state index in [0.29, 0.717) is 35.1 Å². The van der Waals surface area contributed by atoms with Gasteiger partial charge in [-0.1, -0.05) is 38.2 Å². The highest BCUT2D eigenvalue weighted by atomic mass is 16.6. The van der Waals surface area contributed by atoms with Crippen molar-refractivity contribution < 1.29 is 33.8 Å². The van der Waals surface area contributed by atoms with Crippen molar-refractivity contribution in [1.82, 2.24) is 0 Å². The number of esters is 1. The van der Waals surface area contributed by atoms with Gasteiger partial charge in [-0.2, -0.15) is 0 Å². The van der Waals surface area contributed by atoms with Crippen LogP contribution >= 0.6 is 0 Å². The number of Topliss-reactive ketones (excluding diaryl/α,β-unsaturated/α-hetero) is 2. The van der Waals surface area contributed by atoms with Gasteiger partial charge in [0, 0.05) is 24.0 Å². The zero-order chi connectivity index (χ0) is 24.6. The predicted molar refractivity (Wildman–Crippen MR) is 123 cm³/mol. The van der Waals surface area contributed by atoms with Gasteiger partial charge in [0.25, 0.3) is 0 Å². The van der Waals surface area contributed by atoms with E-state index in [2.05, 4.69) is 6.92 Å². The Kier molecular flexibility index (Phi) is 6.58. The Morgan fingerprint density at radius 3 is 2.56 bits per heavy atom. The number of fused-ring (bicyclic) bond motifs is 3. The summed E-state index contributed by atoms with van der Waals surface area (Å²) >= 11 is 0. The van der Waals surface area contributed by atoms with Gasteiger partial charge in [0.1, 0.15) is 11.3 Å². The van der Waals surface area contributed by atoms with Gasteiger partial charge in [-0.05, 0) is 44.4 Å². The van der Waals surface area contributed by atoms with Gasteiger partial charge in [0.15, 0.2) is 17.2 Å². The van der Waals surface area contributed by atoms with Gasteiger partial charge in [0.05, 0.1) is 17.9 Å². The van der Waals surface area contributed by atoms with Crippen molar-refractivity contribution >= 4 is 23.3 Å². The molecule has 0 saturated carbocycles. The number of ketones is 3. The molecule has 0 saturated heterocycles. The SMILES string of the molecule is CCCCCCCC(=O)C1=C2C3=COC(C4=C(C)CC(O)CC4=O)=CC3=CC(=O)C2(C)OC1=O. The fraction of sp³-hybridized carbons (Fsp3) is 0.481. The Morgan fingerprint density at radius 1 is 1.12 bits per heavy atom. The van der Waals surface area contributed by atoms with Crippen molar-refractivity contribution in [3.05, 3.63) is 57.6 Å². The van der Waals surface area contributed by atoms with Crippen LogP contribution in [0.5, 0.6) is 0 Å². The third-order valence-electron chi connectivity index (χ3n) is 6.86. The Bertz CT molecular complexity index is 1130. The van der Waals surface area contributed by atoms with Crippen molar-refractivity contribution in [3.8, 4) is 0 Å². The highest BCUT2D eigenvalue weighted by Gasteiger charge is 2.54. The molecule has 180 valence electrons. The zero-order valence-corrected chi connectivity index (χ0v) is 19.9. The summed E-state index contributed by atoms with van der Waals surface area (Å²) in [5.74, 6) is -1.51. The van der Waals surface area contributed by atoms with E-state index >= 15 is 0 Å². The lowest BCUT2D eigenvalue weighted by atomic mass is 9.75. The van der Waals surface area contributed by atoms with Gasteiger partial charge >= 0.3 is 5.97 Å². The van der Waals surface area contributed by atoms with Gasteiger partial charge in [-0.3, -0.25) is 14.4 Å². The number of unbranched alkanes of at least 4 members (excludes halogenated alkanes) is 4. The summed E-state index contributed by atoms with van der Waals surface area (Å²) in [4.78, 5) is 51.4. The van der Waals surface area contributed by atoms with Crippen molar-refractivity contribution in [2.45, 2.75) is 83.8 Å². The maximum Gasteiger partial charge on any atom is 0.343 e. The molecule has 0 amide bonds. The lowest BCUT2D eigenvalue weighted by molar-refractivity contribution is -0.152. The minimum Gasteiger partial charge on any atom is -0.464 e. The van der Waals surface area contributed by atoms with Crippen LogP contribution in [0.25, 0.3) is 0 Å². The molecule has 0 fully saturated rings. The molecule has 7 heteroatoms. The van der Waals surface area contributed by atoms with Crippen LogP contribution < -0.4 is 0 Å². The molecule has 2 heterocycles. The monoisotopic (exact) mass is 466 g/mol. The number of hydrogen-bond donors (Lipinski definition) is 1. The molecule has 0 radical (unpaired) electrons. The van der Waals surface area contributed by atoms with Crippen molar-refractivity contribution in [2.75, 3.05) is 0 Å². The summed E-state index contributed by atoms with van der Waals surface area (Å²) in [5, 5.41) is 9.86. The van der Waals surface area contributed by atoms with E-state index in [1.165, 1.54) is 19.3 Å². The normalized spacial score (nSPS) is 26.4. The molecular weight excluding hydrogens is 436 g/mol. The Hall–Kier alpha value is -3.06. The first-order valence-electron chi connectivity index (χ1n) is 12.0. The first-order chi connectivity index (χ1) is 16.2. The van der Waals surface area contributed by atoms with Crippen LogP contribution in [0.1, 0.15) is 72.1 Å². The molecule has 4 aliphatic rings. The van der Waals surface area contributed by atoms with E-state index in [4.69, 9.17) is 9.47 Å². The fourth-order valence-electron chi connectivity index (χ4n) is 5.07. The molecule has 2 aliphatic carbocycles. The van der Waals surface area contributed by atoms with Crippen LogP contribution in [0.4, 0.5) is 0 Å². The maximum atomic E-state index is 13.0. The van der Waals surface area contributed by atoms with Crippen LogP contribution in [0.2, 0.25) is 0 Å². The number of carbonyl (C=O) groups excluding carboxylic acids is 4. The summed E-state index contributed by atoms with van der Waals surface area (Å²) in [5.41, 5.74) is 0.571. The summed E-state index contributed by atoms with van der Waals surface area (Å²) in [6.07, 6.45) is 8.97. The summed E-state index contributed by atoms with van der Waals surface area (Å²) in [7, 11) is 0. The molecule has 7 nitrogen and oxygen atoms in total. The Morgan fingerprint density at radius 2 is 1.85 bits per heavy atom. The van der Waals surface area contributed by atoms with E-state index in [-0.39, 0.29) is 41.3 Å². The van der Waals surface area contributed by atoms with Gasteiger partial charge in [-0.15, -0.1) is 0 Å². The highest BCUT2D eigenvalue weighted by Crippen LogP contribution is 2.47. The average molecular weight is 467 g/mol. The molecule has 0 bridgehead atoms. The number of aliphatic hydroxyl groups is 1.